The van der Waals surface area contributed by atoms with Crippen LogP contribution in [0.1, 0.15) is 56.8 Å². The maximum Gasteiger partial charge on any atom is 0.419 e. The number of hydrogen-bond acceptors (Lipinski definition) is 8. The Morgan fingerprint density at radius 1 is 1.23 bits per heavy atom. The summed E-state index contributed by atoms with van der Waals surface area (Å²) in [7, 11) is 1.57. The van der Waals surface area contributed by atoms with Crippen LogP contribution in [0.15, 0.2) is 36.5 Å². The average molecular weight is 545 g/mol. The van der Waals surface area contributed by atoms with E-state index in [0.29, 0.717) is 34.2 Å². The first-order valence-electron chi connectivity index (χ1n) is 13.2. The van der Waals surface area contributed by atoms with Crippen molar-refractivity contribution in [3.05, 3.63) is 53.2 Å². The van der Waals surface area contributed by atoms with Crippen molar-refractivity contribution in [1.82, 2.24) is 14.3 Å². The minimum atomic E-state index is -0.686. The predicted octanol–water partition coefficient (Wildman–Crippen LogP) is 5.46. The fourth-order valence-electron chi connectivity index (χ4n) is 5.47. The van der Waals surface area contributed by atoms with Gasteiger partial charge in [0, 0.05) is 17.1 Å². The molecule has 3 atom stereocenters. The van der Waals surface area contributed by atoms with E-state index in [-0.39, 0.29) is 30.3 Å². The summed E-state index contributed by atoms with van der Waals surface area (Å²) in [6.07, 6.45) is 1.70. The van der Waals surface area contributed by atoms with E-state index < -0.39 is 17.7 Å². The van der Waals surface area contributed by atoms with Gasteiger partial charge in [-0.05, 0) is 82.9 Å². The third-order valence-electron chi connectivity index (χ3n) is 7.18. The molecule has 1 N–H and O–H groups in total. The molecule has 4 aromatic rings. The topological polar surface area (TPSA) is 129 Å². The molecule has 2 heterocycles. The van der Waals surface area contributed by atoms with Gasteiger partial charge in [-0.3, -0.25) is 14.0 Å². The molecule has 1 aliphatic rings. The lowest BCUT2D eigenvalue weighted by molar-refractivity contribution is -0.145. The summed E-state index contributed by atoms with van der Waals surface area (Å²) in [5, 5.41) is 25.9. The van der Waals surface area contributed by atoms with Crippen LogP contribution in [-0.4, -0.2) is 50.8 Å². The smallest absolute Gasteiger partial charge is 0.419 e. The second kappa shape index (κ2) is 9.90. The van der Waals surface area contributed by atoms with Gasteiger partial charge in [-0.2, -0.15) is 5.26 Å². The van der Waals surface area contributed by atoms with E-state index in [0.717, 1.165) is 16.5 Å². The number of aromatic hydroxyl groups is 1. The second-order valence-corrected chi connectivity index (χ2v) is 11.1. The van der Waals surface area contributed by atoms with Crippen LogP contribution >= 0.6 is 0 Å². The summed E-state index contributed by atoms with van der Waals surface area (Å²) in [6, 6.07) is 10.2. The maximum atomic E-state index is 13.2. The Kier molecular flexibility index (Phi) is 6.70. The second-order valence-electron chi connectivity index (χ2n) is 11.1. The average Bonchev–Trinajstić information content (AvgIpc) is 3.44. The lowest BCUT2D eigenvalue weighted by atomic mass is 9.94. The summed E-state index contributed by atoms with van der Waals surface area (Å²) >= 11 is 0. The molecule has 1 fully saturated rings. The highest BCUT2D eigenvalue weighted by Crippen LogP contribution is 2.54. The molecule has 1 aliphatic carbocycles. The van der Waals surface area contributed by atoms with E-state index in [9.17, 15) is 20.0 Å². The van der Waals surface area contributed by atoms with E-state index in [4.69, 9.17) is 14.2 Å². The molecule has 0 amide bonds. The highest BCUT2D eigenvalue weighted by Gasteiger charge is 2.52. The maximum absolute atomic E-state index is 13.2. The number of nitrogens with zero attached hydrogens (tertiary/aromatic N) is 4. The quantitative estimate of drug-likeness (QED) is 0.317. The van der Waals surface area contributed by atoms with Gasteiger partial charge in [0.25, 0.3) is 0 Å². The number of aromatic nitrogens is 3. The third-order valence-corrected chi connectivity index (χ3v) is 7.18. The van der Waals surface area contributed by atoms with Gasteiger partial charge in [-0.1, -0.05) is 0 Å². The molecule has 0 radical (unpaired) electrons. The van der Waals surface area contributed by atoms with Crippen LogP contribution in [0.5, 0.6) is 11.6 Å². The summed E-state index contributed by atoms with van der Waals surface area (Å²) < 4.78 is 20.0. The molecule has 2 aromatic carbocycles. The minimum Gasteiger partial charge on any atom is -0.496 e. The normalized spacial score (nSPS) is 17.4. The fourth-order valence-corrected chi connectivity index (χ4v) is 5.47. The zero-order valence-electron chi connectivity index (χ0n) is 23.4. The molecule has 2 aromatic heterocycles. The largest absolute Gasteiger partial charge is 0.496 e. The van der Waals surface area contributed by atoms with Gasteiger partial charge in [-0.25, -0.2) is 4.79 Å². The van der Waals surface area contributed by atoms with E-state index in [2.05, 4.69) is 11.2 Å². The van der Waals surface area contributed by atoms with Crippen LogP contribution in [0.3, 0.4) is 0 Å². The summed E-state index contributed by atoms with van der Waals surface area (Å²) in [5.41, 5.74) is 2.47. The first-order chi connectivity index (χ1) is 19.0. The van der Waals surface area contributed by atoms with Crippen LogP contribution < -0.4 is 4.74 Å². The molecule has 1 saturated carbocycles. The van der Waals surface area contributed by atoms with Crippen LogP contribution in [0.25, 0.3) is 21.8 Å². The van der Waals surface area contributed by atoms with Crippen LogP contribution in [0.4, 0.5) is 4.79 Å². The van der Waals surface area contributed by atoms with E-state index in [1.165, 1.54) is 4.57 Å². The molecule has 5 rings (SSSR count). The SMILES string of the molecule is CCOC(=O)C1CC1C(c1c(OC)cc(C)c2c1ccn2C(=O)OC(C)(C)C)n1nc(O)c2cc(C#N)ccc21. The minimum absolute atomic E-state index is 0.220. The standard InChI is InChI=1S/C30H32N4O6/c1-7-39-28(36)20-14-19(20)26(34-22-9-8-17(15-31)13-21(22)27(35)32-34)24-18-10-11-33(29(37)40-30(3,4)5)25(18)16(2)12-23(24)38-6/h8-13,19-20,26H,7,14H2,1-6H3,(H,32,35). The number of hydrogen-bond donors (Lipinski definition) is 1. The van der Waals surface area contributed by atoms with Gasteiger partial charge in [-0.15, -0.1) is 5.10 Å². The van der Waals surface area contributed by atoms with Crippen molar-refractivity contribution in [3.8, 4) is 17.7 Å². The Balaban J connectivity index is 1.76. The number of benzene rings is 2. The Morgan fingerprint density at radius 2 is 1.98 bits per heavy atom. The molecular weight excluding hydrogens is 512 g/mol. The number of fused-ring (bicyclic) bond motifs is 2. The monoisotopic (exact) mass is 544 g/mol. The summed E-state index contributed by atoms with van der Waals surface area (Å²) in [4.78, 5) is 26.0. The van der Waals surface area contributed by atoms with Gasteiger partial charge >= 0.3 is 12.1 Å². The van der Waals surface area contributed by atoms with Gasteiger partial charge in [0.15, 0.2) is 0 Å². The van der Waals surface area contributed by atoms with E-state index >= 15 is 0 Å². The van der Waals surface area contributed by atoms with Gasteiger partial charge < -0.3 is 19.3 Å². The molecule has 10 nitrogen and oxygen atoms in total. The van der Waals surface area contributed by atoms with Crippen LogP contribution in [0, 0.1) is 30.1 Å². The number of nitriles is 1. The lowest BCUT2D eigenvalue weighted by Crippen LogP contribution is -2.27. The Labute approximate surface area is 231 Å². The summed E-state index contributed by atoms with van der Waals surface area (Å²) in [5.74, 6) is -0.554. The van der Waals surface area contributed by atoms with Crippen molar-refractivity contribution in [3.63, 3.8) is 0 Å². The molecule has 208 valence electrons. The Hall–Kier alpha value is -4.52. The van der Waals surface area contributed by atoms with Gasteiger partial charge in [0.05, 0.1) is 53.7 Å². The fraction of sp³-hybridized carbons (Fsp3) is 0.400. The lowest BCUT2D eigenvalue weighted by Gasteiger charge is -2.24. The third kappa shape index (κ3) is 4.62. The molecule has 10 heteroatoms. The number of ether oxygens (including phenoxy) is 3. The zero-order valence-corrected chi connectivity index (χ0v) is 23.4. The van der Waals surface area contributed by atoms with Gasteiger partial charge in [0.1, 0.15) is 11.4 Å². The molecule has 0 aliphatic heterocycles. The number of aryl methyl sites for hydroxylation is 1. The number of esters is 1. The molecular formula is C30H32N4O6. The van der Waals surface area contributed by atoms with Crippen molar-refractivity contribution in [2.24, 2.45) is 11.8 Å². The predicted molar refractivity (Wildman–Crippen MR) is 147 cm³/mol. The number of carbonyl (C=O) groups excluding carboxylic acids is 2. The first kappa shape index (κ1) is 27.1. The van der Waals surface area contributed by atoms with Crippen molar-refractivity contribution in [2.75, 3.05) is 13.7 Å². The zero-order chi connectivity index (χ0) is 28.9. The number of methoxy groups -OCH3 is 1. The molecule has 3 unspecified atom stereocenters. The Bertz CT molecular complexity index is 1690. The molecule has 0 spiro atoms. The number of rotatable bonds is 6. The van der Waals surface area contributed by atoms with Crippen molar-refractivity contribution < 1.29 is 28.9 Å². The van der Waals surface area contributed by atoms with Crippen molar-refractivity contribution in [2.45, 2.75) is 52.7 Å². The Morgan fingerprint density at radius 3 is 2.62 bits per heavy atom. The number of carbonyl (C=O) groups is 2. The van der Waals surface area contributed by atoms with E-state index in [1.807, 2.05) is 39.8 Å². The van der Waals surface area contributed by atoms with Gasteiger partial charge in [0.2, 0.25) is 5.88 Å². The molecule has 40 heavy (non-hydrogen) atoms. The molecule has 0 saturated heterocycles. The molecule has 0 bridgehead atoms. The van der Waals surface area contributed by atoms with Crippen molar-refractivity contribution in [1.29, 1.82) is 5.26 Å². The van der Waals surface area contributed by atoms with E-state index in [1.54, 1.807) is 43.1 Å². The summed E-state index contributed by atoms with van der Waals surface area (Å²) in [6.45, 7) is 9.36. The highest BCUT2D eigenvalue weighted by atomic mass is 16.6. The van der Waals surface area contributed by atoms with Crippen LogP contribution in [0.2, 0.25) is 0 Å². The first-order valence-corrected chi connectivity index (χ1v) is 13.2. The van der Waals surface area contributed by atoms with Crippen LogP contribution in [-0.2, 0) is 14.3 Å². The van der Waals surface area contributed by atoms with Crippen molar-refractivity contribution >= 4 is 33.9 Å². The highest BCUT2D eigenvalue weighted by molar-refractivity contribution is 5.96.